The van der Waals surface area contributed by atoms with E-state index in [1.165, 1.54) is 6.42 Å². The Balaban J connectivity index is 1.52. The van der Waals surface area contributed by atoms with Crippen LogP contribution in [0.15, 0.2) is 12.4 Å². The molecule has 3 rings (SSSR count). The van der Waals surface area contributed by atoms with Gasteiger partial charge in [-0.15, -0.1) is 0 Å². The predicted molar refractivity (Wildman–Crippen MR) is 74.5 cm³/mol. The molecule has 2 saturated heterocycles. The van der Waals surface area contributed by atoms with E-state index < -0.39 is 0 Å². The van der Waals surface area contributed by atoms with E-state index in [-0.39, 0.29) is 0 Å². The van der Waals surface area contributed by atoms with E-state index in [2.05, 4.69) is 25.5 Å². The zero-order chi connectivity index (χ0) is 12.9. The molecular weight excluding hydrogens is 242 g/mol. The van der Waals surface area contributed by atoms with Crippen LogP contribution in [0.3, 0.4) is 0 Å². The Morgan fingerprint density at radius 1 is 1.32 bits per heavy atom. The summed E-state index contributed by atoms with van der Waals surface area (Å²) in [6, 6.07) is 2.03. The molecule has 2 fully saturated rings. The van der Waals surface area contributed by atoms with Crippen LogP contribution in [0.1, 0.15) is 6.42 Å². The number of nitrogens with zero attached hydrogens (tertiary/aromatic N) is 3. The van der Waals surface area contributed by atoms with E-state index in [9.17, 15) is 0 Å². The molecule has 0 bridgehead atoms. The third-order valence-corrected chi connectivity index (χ3v) is 3.71. The van der Waals surface area contributed by atoms with Crippen LogP contribution >= 0.6 is 0 Å². The maximum absolute atomic E-state index is 5.35. The van der Waals surface area contributed by atoms with E-state index in [0.29, 0.717) is 0 Å². The summed E-state index contributed by atoms with van der Waals surface area (Å²) in [4.78, 5) is 10.9. The zero-order valence-electron chi connectivity index (χ0n) is 11.1. The minimum absolute atomic E-state index is 0.779. The van der Waals surface area contributed by atoms with Crippen molar-refractivity contribution >= 4 is 11.6 Å². The van der Waals surface area contributed by atoms with Crippen molar-refractivity contribution in [1.29, 1.82) is 0 Å². The highest BCUT2D eigenvalue weighted by molar-refractivity contribution is 5.48. The Bertz CT molecular complexity index is 404. The fraction of sp³-hybridized carbons (Fsp3) is 0.692. The monoisotopic (exact) mass is 263 g/mol. The second-order valence-electron chi connectivity index (χ2n) is 5.10. The molecule has 2 N–H and O–H groups in total. The lowest BCUT2D eigenvalue weighted by Crippen LogP contribution is -2.42. The van der Waals surface area contributed by atoms with Gasteiger partial charge in [0.05, 0.1) is 13.2 Å². The number of aromatic nitrogens is 2. The van der Waals surface area contributed by atoms with Gasteiger partial charge in [-0.1, -0.05) is 0 Å². The molecule has 1 aromatic heterocycles. The molecule has 1 aromatic rings. The normalized spacial score (nSPS) is 20.1. The Morgan fingerprint density at radius 3 is 2.89 bits per heavy atom. The van der Waals surface area contributed by atoms with Gasteiger partial charge in [0.25, 0.3) is 0 Å². The lowest BCUT2D eigenvalue weighted by atomic mass is 10.00. The summed E-state index contributed by atoms with van der Waals surface area (Å²) in [5, 5.41) is 6.68. The highest BCUT2D eigenvalue weighted by atomic mass is 16.5. The number of anilines is 2. The van der Waals surface area contributed by atoms with Crippen LogP contribution in [0.25, 0.3) is 0 Å². The number of hydrogen-bond donors (Lipinski definition) is 2. The second-order valence-corrected chi connectivity index (χ2v) is 5.10. The lowest BCUT2D eigenvalue weighted by molar-refractivity contribution is 0.122. The summed E-state index contributed by atoms with van der Waals surface area (Å²) in [5.74, 6) is 2.74. The third kappa shape index (κ3) is 3.33. The van der Waals surface area contributed by atoms with Gasteiger partial charge < -0.3 is 20.3 Å². The van der Waals surface area contributed by atoms with Crippen LogP contribution in [0.4, 0.5) is 11.6 Å². The molecule has 6 nitrogen and oxygen atoms in total. The van der Waals surface area contributed by atoms with Gasteiger partial charge in [-0.3, -0.25) is 0 Å². The maximum atomic E-state index is 5.35. The molecule has 0 amide bonds. The Morgan fingerprint density at radius 2 is 2.16 bits per heavy atom. The molecule has 6 heteroatoms. The molecule has 0 aliphatic carbocycles. The van der Waals surface area contributed by atoms with Crippen molar-refractivity contribution < 1.29 is 4.74 Å². The number of rotatable bonds is 5. The standard InChI is InChI=1S/C13H21N5O/c1(11-8-14-9-11)2-15-12-7-13(17-10-16-12)18-3-5-19-6-4-18/h7,10-11,14H,1-6,8-9H2,(H,15,16,17). The summed E-state index contributed by atoms with van der Waals surface area (Å²) < 4.78 is 5.35. The molecule has 3 heterocycles. The largest absolute Gasteiger partial charge is 0.378 e. The summed E-state index contributed by atoms with van der Waals surface area (Å²) in [6.45, 7) is 6.66. The summed E-state index contributed by atoms with van der Waals surface area (Å²) in [7, 11) is 0. The van der Waals surface area contributed by atoms with E-state index in [1.807, 2.05) is 6.07 Å². The molecule has 0 saturated carbocycles. The Kier molecular flexibility index (Phi) is 4.10. The summed E-state index contributed by atoms with van der Waals surface area (Å²) >= 11 is 0. The highest BCUT2D eigenvalue weighted by Gasteiger charge is 2.16. The van der Waals surface area contributed by atoms with Crippen molar-refractivity contribution in [3.63, 3.8) is 0 Å². The quantitative estimate of drug-likeness (QED) is 0.798. The highest BCUT2D eigenvalue weighted by Crippen LogP contribution is 2.16. The predicted octanol–water partition coefficient (Wildman–Crippen LogP) is 0.335. The summed E-state index contributed by atoms with van der Waals surface area (Å²) in [5.41, 5.74) is 0. The fourth-order valence-electron chi connectivity index (χ4n) is 2.37. The first-order chi connectivity index (χ1) is 9.42. The van der Waals surface area contributed by atoms with Crippen LogP contribution < -0.4 is 15.5 Å². The minimum atomic E-state index is 0.779. The van der Waals surface area contributed by atoms with Crippen molar-refractivity contribution in [3.8, 4) is 0 Å². The molecule has 19 heavy (non-hydrogen) atoms. The number of nitrogens with one attached hydrogen (secondary N) is 2. The molecule has 104 valence electrons. The first-order valence-corrected chi connectivity index (χ1v) is 7.01. The van der Waals surface area contributed by atoms with Gasteiger partial charge in [-0.25, -0.2) is 9.97 Å². The zero-order valence-corrected chi connectivity index (χ0v) is 11.1. The van der Waals surface area contributed by atoms with Crippen LogP contribution in [-0.2, 0) is 4.74 Å². The lowest BCUT2D eigenvalue weighted by Gasteiger charge is -2.28. The van der Waals surface area contributed by atoms with Crippen LogP contribution in [0.5, 0.6) is 0 Å². The van der Waals surface area contributed by atoms with Gasteiger partial charge in [0.15, 0.2) is 0 Å². The molecule has 2 aliphatic heterocycles. The van der Waals surface area contributed by atoms with Crippen LogP contribution in [0.2, 0.25) is 0 Å². The van der Waals surface area contributed by atoms with E-state index in [4.69, 9.17) is 4.74 Å². The SMILES string of the molecule is c1nc(NCCC2CNC2)cc(N2CCOCC2)n1. The van der Waals surface area contributed by atoms with E-state index in [0.717, 1.165) is 63.5 Å². The Hall–Kier alpha value is -1.40. The van der Waals surface area contributed by atoms with Crippen molar-refractivity contribution in [2.75, 3.05) is 56.2 Å². The van der Waals surface area contributed by atoms with Gasteiger partial charge in [-0.05, 0) is 25.4 Å². The molecule has 0 atom stereocenters. The molecule has 0 unspecified atom stereocenters. The number of hydrogen-bond acceptors (Lipinski definition) is 6. The van der Waals surface area contributed by atoms with Crippen molar-refractivity contribution in [2.24, 2.45) is 5.92 Å². The minimum Gasteiger partial charge on any atom is -0.378 e. The second kappa shape index (κ2) is 6.16. The smallest absolute Gasteiger partial charge is 0.134 e. The average Bonchev–Trinajstić information content (AvgIpc) is 2.43. The summed E-state index contributed by atoms with van der Waals surface area (Å²) in [6.07, 6.45) is 2.84. The molecule has 0 aromatic carbocycles. The fourth-order valence-corrected chi connectivity index (χ4v) is 2.37. The Labute approximate surface area is 113 Å². The first-order valence-electron chi connectivity index (χ1n) is 7.01. The third-order valence-electron chi connectivity index (χ3n) is 3.71. The molecule has 0 spiro atoms. The molecule has 2 aliphatic rings. The molecular formula is C13H21N5O. The van der Waals surface area contributed by atoms with Gasteiger partial charge in [0, 0.05) is 25.7 Å². The van der Waals surface area contributed by atoms with Crippen LogP contribution in [-0.4, -0.2) is 55.9 Å². The van der Waals surface area contributed by atoms with Gasteiger partial charge >= 0.3 is 0 Å². The van der Waals surface area contributed by atoms with Crippen molar-refractivity contribution in [3.05, 3.63) is 12.4 Å². The van der Waals surface area contributed by atoms with Gasteiger partial charge in [0.1, 0.15) is 18.0 Å². The average molecular weight is 263 g/mol. The molecule has 0 radical (unpaired) electrons. The number of morpholine rings is 1. The maximum Gasteiger partial charge on any atom is 0.134 e. The number of ether oxygens (including phenoxy) is 1. The van der Waals surface area contributed by atoms with Crippen molar-refractivity contribution in [2.45, 2.75) is 6.42 Å². The van der Waals surface area contributed by atoms with E-state index >= 15 is 0 Å². The first kappa shape index (κ1) is 12.6. The van der Waals surface area contributed by atoms with Gasteiger partial charge in [0.2, 0.25) is 0 Å². The van der Waals surface area contributed by atoms with E-state index in [1.54, 1.807) is 6.33 Å². The van der Waals surface area contributed by atoms with Gasteiger partial charge in [-0.2, -0.15) is 0 Å². The topological polar surface area (TPSA) is 62.3 Å². The van der Waals surface area contributed by atoms with Crippen LogP contribution in [0, 0.1) is 5.92 Å². The van der Waals surface area contributed by atoms with Crippen molar-refractivity contribution in [1.82, 2.24) is 15.3 Å².